The SMILES string of the molecule is CC(C)(C)CCCC(N)=O.CC(C)C. The van der Waals surface area contributed by atoms with Crippen molar-refractivity contribution < 1.29 is 4.79 Å². The molecule has 0 aromatic rings. The van der Waals surface area contributed by atoms with Crippen LogP contribution in [0.3, 0.4) is 0 Å². The summed E-state index contributed by atoms with van der Waals surface area (Å²) in [7, 11) is 0. The van der Waals surface area contributed by atoms with Crippen LogP contribution in [-0.4, -0.2) is 5.91 Å². The highest BCUT2D eigenvalue weighted by Crippen LogP contribution is 2.20. The molecule has 0 fully saturated rings. The highest BCUT2D eigenvalue weighted by Gasteiger charge is 2.09. The van der Waals surface area contributed by atoms with Gasteiger partial charge in [0, 0.05) is 6.42 Å². The van der Waals surface area contributed by atoms with E-state index in [2.05, 4.69) is 41.5 Å². The zero-order chi connectivity index (χ0) is 11.8. The number of hydrogen-bond acceptors (Lipinski definition) is 1. The Bertz CT molecular complexity index is 142. The van der Waals surface area contributed by atoms with Gasteiger partial charge in [-0.3, -0.25) is 4.79 Å². The van der Waals surface area contributed by atoms with Crippen LogP contribution in [0.2, 0.25) is 0 Å². The fourth-order valence-electron chi connectivity index (χ4n) is 0.793. The van der Waals surface area contributed by atoms with Crippen molar-refractivity contribution >= 4 is 5.91 Å². The quantitative estimate of drug-likeness (QED) is 0.747. The van der Waals surface area contributed by atoms with E-state index in [0.29, 0.717) is 11.8 Å². The molecular formula is C12H27NO. The summed E-state index contributed by atoms with van der Waals surface area (Å²) in [5, 5.41) is 0. The first-order valence-corrected chi connectivity index (χ1v) is 5.43. The number of carbonyl (C=O) groups excluding carboxylic acids is 1. The summed E-state index contributed by atoms with van der Waals surface area (Å²) < 4.78 is 0. The topological polar surface area (TPSA) is 43.1 Å². The van der Waals surface area contributed by atoms with Gasteiger partial charge in [-0.2, -0.15) is 0 Å². The molecule has 0 saturated carbocycles. The molecule has 14 heavy (non-hydrogen) atoms. The minimum absolute atomic E-state index is 0.191. The number of carbonyl (C=O) groups is 1. The van der Waals surface area contributed by atoms with Crippen molar-refractivity contribution in [1.82, 2.24) is 0 Å². The smallest absolute Gasteiger partial charge is 0.217 e. The van der Waals surface area contributed by atoms with Crippen LogP contribution in [-0.2, 0) is 4.79 Å². The lowest BCUT2D eigenvalue weighted by molar-refractivity contribution is -0.118. The van der Waals surface area contributed by atoms with Gasteiger partial charge in [-0.15, -0.1) is 0 Å². The van der Waals surface area contributed by atoms with Crippen molar-refractivity contribution in [3.8, 4) is 0 Å². The summed E-state index contributed by atoms with van der Waals surface area (Å²) >= 11 is 0. The molecular weight excluding hydrogens is 174 g/mol. The van der Waals surface area contributed by atoms with Gasteiger partial charge in [-0.05, 0) is 24.2 Å². The number of primary amides is 1. The predicted molar refractivity (Wildman–Crippen MR) is 63.0 cm³/mol. The minimum atomic E-state index is -0.191. The molecule has 0 aliphatic rings. The number of amides is 1. The second kappa shape index (κ2) is 7.84. The Labute approximate surface area is 89.3 Å². The van der Waals surface area contributed by atoms with E-state index in [1.54, 1.807) is 0 Å². The summed E-state index contributed by atoms with van der Waals surface area (Å²) in [6.45, 7) is 13.0. The molecule has 86 valence electrons. The number of nitrogens with two attached hydrogens (primary N) is 1. The van der Waals surface area contributed by atoms with Crippen molar-refractivity contribution in [3.63, 3.8) is 0 Å². The maximum atomic E-state index is 10.3. The Morgan fingerprint density at radius 1 is 1.21 bits per heavy atom. The minimum Gasteiger partial charge on any atom is -0.370 e. The van der Waals surface area contributed by atoms with Gasteiger partial charge in [0.05, 0.1) is 0 Å². The zero-order valence-electron chi connectivity index (χ0n) is 10.7. The van der Waals surface area contributed by atoms with Crippen LogP contribution in [0.4, 0.5) is 0 Å². The third-order valence-corrected chi connectivity index (χ3v) is 1.35. The van der Waals surface area contributed by atoms with Gasteiger partial charge >= 0.3 is 0 Å². The molecule has 0 aromatic carbocycles. The molecule has 0 heterocycles. The molecule has 0 atom stereocenters. The largest absolute Gasteiger partial charge is 0.370 e. The van der Waals surface area contributed by atoms with Crippen LogP contribution in [0, 0.1) is 11.3 Å². The Morgan fingerprint density at radius 3 is 1.79 bits per heavy atom. The van der Waals surface area contributed by atoms with Crippen molar-refractivity contribution in [3.05, 3.63) is 0 Å². The second-order valence-electron chi connectivity index (χ2n) is 5.61. The van der Waals surface area contributed by atoms with Crippen molar-refractivity contribution in [2.45, 2.75) is 60.8 Å². The van der Waals surface area contributed by atoms with E-state index in [0.717, 1.165) is 18.8 Å². The van der Waals surface area contributed by atoms with E-state index < -0.39 is 0 Å². The number of rotatable bonds is 3. The maximum absolute atomic E-state index is 10.3. The molecule has 0 bridgehead atoms. The molecule has 0 spiro atoms. The summed E-state index contributed by atoms with van der Waals surface area (Å²) in [5.74, 6) is 0.643. The van der Waals surface area contributed by atoms with Crippen molar-refractivity contribution in [1.29, 1.82) is 0 Å². The molecule has 2 nitrogen and oxygen atoms in total. The molecule has 0 aliphatic carbocycles. The van der Waals surface area contributed by atoms with E-state index in [1.807, 2.05) is 0 Å². The highest BCUT2D eigenvalue weighted by atomic mass is 16.1. The van der Waals surface area contributed by atoms with E-state index in [1.165, 1.54) is 0 Å². The molecule has 0 unspecified atom stereocenters. The Balaban J connectivity index is 0. The lowest BCUT2D eigenvalue weighted by atomic mass is 9.90. The van der Waals surface area contributed by atoms with Crippen molar-refractivity contribution in [2.24, 2.45) is 17.1 Å². The van der Waals surface area contributed by atoms with Crippen LogP contribution < -0.4 is 5.73 Å². The lowest BCUT2D eigenvalue weighted by Crippen LogP contribution is -2.12. The third kappa shape index (κ3) is 30.0. The first kappa shape index (κ1) is 15.9. The summed E-state index contributed by atoms with van der Waals surface area (Å²) in [6, 6.07) is 0. The summed E-state index contributed by atoms with van der Waals surface area (Å²) in [5.41, 5.74) is 5.31. The molecule has 0 saturated heterocycles. The third-order valence-electron chi connectivity index (χ3n) is 1.35. The van der Waals surface area contributed by atoms with Crippen LogP contribution >= 0.6 is 0 Å². The highest BCUT2D eigenvalue weighted by molar-refractivity contribution is 5.73. The Kier molecular flexibility index (Phi) is 8.91. The molecule has 2 N–H and O–H groups in total. The Morgan fingerprint density at radius 2 is 1.57 bits per heavy atom. The average Bonchev–Trinajstić information content (AvgIpc) is 1.80. The van der Waals surface area contributed by atoms with E-state index in [9.17, 15) is 4.79 Å². The van der Waals surface area contributed by atoms with E-state index in [4.69, 9.17) is 5.73 Å². The first-order valence-electron chi connectivity index (χ1n) is 5.43. The molecule has 0 aliphatic heterocycles. The predicted octanol–water partition coefficient (Wildman–Crippen LogP) is 3.35. The standard InChI is InChI=1S/C8H17NO.C4H10/c1-8(2,3)6-4-5-7(9)10;1-4(2)3/h4-6H2,1-3H3,(H2,9,10);4H,1-3H3. The molecule has 1 amide bonds. The summed E-state index contributed by atoms with van der Waals surface area (Å²) in [6.07, 6.45) is 2.51. The van der Waals surface area contributed by atoms with Crippen LogP contribution in [0.1, 0.15) is 60.8 Å². The van der Waals surface area contributed by atoms with Crippen LogP contribution in [0.5, 0.6) is 0 Å². The van der Waals surface area contributed by atoms with Crippen molar-refractivity contribution in [2.75, 3.05) is 0 Å². The Hall–Kier alpha value is -0.530. The van der Waals surface area contributed by atoms with Gasteiger partial charge in [0.1, 0.15) is 0 Å². The normalized spacial score (nSPS) is 10.8. The molecule has 0 aromatic heterocycles. The van der Waals surface area contributed by atoms with Crippen LogP contribution in [0.15, 0.2) is 0 Å². The van der Waals surface area contributed by atoms with Gasteiger partial charge in [0.15, 0.2) is 0 Å². The van der Waals surface area contributed by atoms with E-state index >= 15 is 0 Å². The van der Waals surface area contributed by atoms with Gasteiger partial charge in [-0.1, -0.05) is 41.5 Å². The first-order chi connectivity index (χ1) is 6.15. The molecule has 2 heteroatoms. The van der Waals surface area contributed by atoms with Crippen LogP contribution in [0.25, 0.3) is 0 Å². The van der Waals surface area contributed by atoms with Gasteiger partial charge < -0.3 is 5.73 Å². The summed E-state index contributed by atoms with van der Waals surface area (Å²) in [4.78, 5) is 10.3. The molecule has 0 radical (unpaired) electrons. The molecule has 0 rings (SSSR count). The van der Waals surface area contributed by atoms with Gasteiger partial charge in [-0.25, -0.2) is 0 Å². The number of hydrogen-bond donors (Lipinski definition) is 1. The van der Waals surface area contributed by atoms with Gasteiger partial charge in [0.25, 0.3) is 0 Å². The fourth-order valence-corrected chi connectivity index (χ4v) is 0.793. The second-order valence-corrected chi connectivity index (χ2v) is 5.61. The lowest BCUT2D eigenvalue weighted by Gasteiger charge is -2.16. The fraction of sp³-hybridized carbons (Fsp3) is 0.917. The monoisotopic (exact) mass is 201 g/mol. The average molecular weight is 201 g/mol. The zero-order valence-corrected chi connectivity index (χ0v) is 10.7. The van der Waals surface area contributed by atoms with Gasteiger partial charge in [0.2, 0.25) is 5.91 Å². The van der Waals surface area contributed by atoms with E-state index in [-0.39, 0.29) is 5.91 Å². The maximum Gasteiger partial charge on any atom is 0.217 e.